The van der Waals surface area contributed by atoms with E-state index in [-0.39, 0.29) is 29.8 Å². The Hall–Kier alpha value is -3.67. The van der Waals surface area contributed by atoms with Crippen LogP contribution in [0.5, 0.6) is 5.75 Å². The Bertz CT molecular complexity index is 1120. The van der Waals surface area contributed by atoms with Crippen molar-refractivity contribution in [2.45, 2.75) is 24.9 Å². The quantitative estimate of drug-likeness (QED) is 0.430. The Morgan fingerprint density at radius 2 is 1.58 bits per heavy atom. The van der Waals surface area contributed by atoms with E-state index in [9.17, 15) is 14.4 Å². The lowest BCUT2D eigenvalue weighted by atomic mass is 9.60. The number of ether oxygens (including phenoxy) is 1. The minimum Gasteiger partial charge on any atom is -0.427 e. The smallest absolute Gasteiger partial charge is 0.308 e. The summed E-state index contributed by atoms with van der Waals surface area (Å²) in [7, 11) is 0. The summed E-state index contributed by atoms with van der Waals surface area (Å²) < 4.78 is 5.08. The average molecular weight is 412 g/mol. The number of rotatable bonds is 2. The SMILES string of the molecule is CC(=O)Oc1ccc(N2C(=O)C3C(C2=O)C2c4ccccc4C3C3C=CC=CN32)cc1. The summed E-state index contributed by atoms with van der Waals surface area (Å²) >= 11 is 0. The fraction of sp³-hybridized carbons (Fsp3) is 0.240. The summed E-state index contributed by atoms with van der Waals surface area (Å²) in [5, 5.41) is 0. The van der Waals surface area contributed by atoms with E-state index in [1.165, 1.54) is 17.4 Å². The van der Waals surface area contributed by atoms with Crippen molar-refractivity contribution in [3.63, 3.8) is 0 Å². The number of hydrogen-bond acceptors (Lipinski definition) is 5. The summed E-state index contributed by atoms with van der Waals surface area (Å²) in [5.74, 6) is -1.24. The topological polar surface area (TPSA) is 66.9 Å². The van der Waals surface area contributed by atoms with Crippen molar-refractivity contribution in [3.05, 3.63) is 84.1 Å². The molecule has 5 atom stereocenters. The lowest BCUT2D eigenvalue weighted by molar-refractivity contribution is -0.132. The molecular formula is C25H20N2O4. The second-order valence-corrected chi connectivity index (χ2v) is 8.41. The standard InChI is InChI=1S/C25H20N2O4/c1-14(28)31-16-11-9-15(10-12-16)27-24(29)21-20-17-6-2-3-7-18(17)23(22(21)25(27)30)26-13-5-4-8-19(20)26/h2-13,19-23H,1H3. The third-order valence-electron chi connectivity index (χ3n) is 6.87. The zero-order chi connectivity index (χ0) is 21.3. The van der Waals surface area contributed by atoms with E-state index in [2.05, 4.69) is 23.1 Å². The maximum Gasteiger partial charge on any atom is 0.308 e. The second kappa shape index (κ2) is 6.41. The molecule has 5 aliphatic rings. The van der Waals surface area contributed by atoms with Crippen LogP contribution in [0.2, 0.25) is 0 Å². The molecule has 4 heterocycles. The van der Waals surface area contributed by atoms with Crippen LogP contribution in [0.3, 0.4) is 0 Å². The van der Waals surface area contributed by atoms with E-state index in [0.717, 1.165) is 5.56 Å². The molecule has 2 fully saturated rings. The minimum absolute atomic E-state index is 0.0641. The van der Waals surface area contributed by atoms with E-state index in [1.807, 2.05) is 30.5 Å². The maximum atomic E-state index is 13.6. The van der Waals surface area contributed by atoms with Gasteiger partial charge in [-0.25, -0.2) is 4.90 Å². The van der Waals surface area contributed by atoms with Gasteiger partial charge in [0.1, 0.15) is 5.75 Å². The van der Waals surface area contributed by atoms with Crippen molar-refractivity contribution in [1.82, 2.24) is 4.90 Å². The first kappa shape index (κ1) is 18.1. The molecule has 0 spiro atoms. The lowest BCUT2D eigenvalue weighted by Gasteiger charge is -2.55. The summed E-state index contributed by atoms with van der Waals surface area (Å²) in [6, 6.07) is 14.6. The lowest BCUT2D eigenvalue weighted by Crippen LogP contribution is -2.56. The van der Waals surface area contributed by atoms with Gasteiger partial charge in [0.2, 0.25) is 11.8 Å². The second-order valence-electron chi connectivity index (χ2n) is 8.41. The number of benzene rings is 2. The summed E-state index contributed by atoms with van der Waals surface area (Å²) in [6.45, 7) is 1.33. The van der Waals surface area contributed by atoms with Crippen molar-refractivity contribution in [3.8, 4) is 5.75 Å². The van der Waals surface area contributed by atoms with Gasteiger partial charge in [0.15, 0.2) is 0 Å². The van der Waals surface area contributed by atoms with Crippen LogP contribution in [0.15, 0.2) is 73.0 Å². The Balaban J connectivity index is 1.44. The van der Waals surface area contributed by atoms with Gasteiger partial charge in [0.05, 0.1) is 29.6 Å². The molecule has 0 saturated carbocycles. The summed E-state index contributed by atoms with van der Waals surface area (Å²) in [4.78, 5) is 42.0. The van der Waals surface area contributed by atoms with Gasteiger partial charge in [0.25, 0.3) is 0 Å². The highest BCUT2D eigenvalue weighted by atomic mass is 16.5. The maximum absolute atomic E-state index is 13.6. The number of esters is 1. The van der Waals surface area contributed by atoms with E-state index in [4.69, 9.17) is 4.74 Å². The number of carbonyl (C=O) groups excluding carboxylic acids is 3. The van der Waals surface area contributed by atoms with Crippen LogP contribution in [0.25, 0.3) is 0 Å². The zero-order valence-corrected chi connectivity index (χ0v) is 16.8. The molecule has 1 aliphatic carbocycles. The molecule has 2 saturated heterocycles. The number of allylic oxidation sites excluding steroid dienone is 2. The van der Waals surface area contributed by atoms with Crippen LogP contribution in [0, 0.1) is 11.8 Å². The Morgan fingerprint density at radius 3 is 2.32 bits per heavy atom. The molecular weight excluding hydrogens is 392 g/mol. The Labute approximate surface area is 179 Å². The fourth-order valence-corrected chi connectivity index (χ4v) is 5.83. The molecule has 6 nitrogen and oxygen atoms in total. The Morgan fingerprint density at radius 1 is 0.871 bits per heavy atom. The number of carbonyl (C=O) groups is 3. The predicted octanol–water partition coefficient (Wildman–Crippen LogP) is 3.32. The number of nitrogens with zero attached hydrogens (tertiary/aromatic N) is 2. The van der Waals surface area contributed by atoms with Crippen LogP contribution in [0.4, 0.5) is 5.69 Å². The van der Waals surface area contributed by atoms with Crippen molar-refractivity contribution >= 4 is 23.5 Å². The monoisotopic (exact) mass is 412 g/mol. The molecule has 0 aromatic heterocycles. The molecule has 5 unspecified atom stereocenters. The van der Waals surface area contributed by atoms with Crippen molar-refractivity contribution in [2.75, 3.05) is 4.90 Å². The molecule has 4 aliphatic heterocycles. The van der Waals surface area contributed by atoms with E-state index >= 15 is 0 Å². The van der Waals surface area contributed by atoms with Crippen LogP contribution in [0.1, 0.15) is 30.0 Å². The highest BCUT2D eigenvalue weighted by molar-refractivity contribution is 6.23. The normalized spacial score (nSPS) is 29.6. The first-order chi connectivity index (χ1) is 15.1. The highest BCUT2D eigenvalue weighted by Crippen LogP contribution is 2.60. The predicted molar refractivity (Wildman–Crippen MR) is 113 cm³/mol. The molecule has 0 radical (unpaired) electrons. The first-order valence-electron chi connectivity index (χ1n) is 10.4. The molecule has 154 valence electrons. The molecule has 2 aromatic rings. The number of piperidine rings is 1. The first-order valence-corrected chi connectivity index (χ1v) is 10.4. The third kappa shape index (κ3) is 2.42. The molecule has 2 aromatic carbocycles. The largest absolute Gasteiger partial charge is 0.427 e. The van der Waals surface area contributed by atoms with E-state index in [1.54, 1.807) is 24.3 Å². The molecule has 6 heteroatoms. The Kier molecular flexibility index (Phi) is 3.75. The van der Waals surface area contributed by atoms with Crippen LogP contribution >= 0.6 is 0 Å². The van der Waals surface area contributed by atoms with Gasteiger partial charge >= 0.3 is 5.97 Å². The molecule has 31 heavy (non-hydrogen) atoms. The fourth-order valence-electron chi connectivity index (χ4n) is 5.83. The summed E-state index contributed by atoms with van der Waals surface area (Å²) in [5.41, 5.74) is 2.81. The third-order valence-corrected chi connectivity index (χ3v) is 6.87. The van der Waals surface area contributed by atoms with Crippen LogP contribution in [-0.2, 0) is 14.4 Å². The summed E-state index contributed by atoms with van der Waals surface area (Å²) in [6.07, 6.45) is 8.19. The number of amides is 2. The minimum atomic E-state index is -0.423. The zero-order valence-electron chi connectivity index (χ0n) is 16.8. The molecule has 2 amide bonds. The van der Waals surface area contributed by atoms with Gasteiger partial charge in [-0.15, -0.1) is 0 Å². The number of imide groups is 1. The van der Waals surface area contributed by atoms with Gasteiger partial charge < -0.3 is 9.64 Å². The number of hydrogen-bond donors (Lipinski definition) is 0. The van der Waals surface area contributed by atoms with Crippen LogP contribution < -0.4 is 9.64 Å². The van der Waals surface area contributed by atoms with Crippen LogP contribution in [-0.4, -0.2) is 28.7 Å². The highest BCUT2D eigenvalue weighted by Gasteiger charge is 2.64. The molecule has 7 rings (SSSR count). The van der Waals surface area contributed by atoms with Gasteiger partial charge in [-0.2, -0.15) is 0 Å². The van der Waals surface area contributed by atoms with Crippen molar-refractivity contribution < 1.29 is 19.1 Å². The van der Waals surface area contributed by atoms with E-state index < -0.39 is 17.8 Å². The van der Waals surface area contributed by atoms with Gasteiger partial charge in [0, 0.05) is 19.0 Å². The van der Waals surface area contributed by atoms with Gasteiger partial charge in [-0.1, -0.05) is 36.4 Å². The van der Waals surface area contributed by atoms with Crippen molar-refractivity contribution in [2.24, 2.45) is 11.8 Å². The number of anilines is 1. The van der Waals surface area contributed by atoms with Gasteiger partial charge in [-0.3, -0.25) is 14.4 Å². The van der Waals surface area contributed by atoms with E-state index in [0.29, 0.717) is 11.4 Å². The molecule has 0 N–H and O–H groups in total. The molecule has 2 bridgehead atoms. The average Bonchev–Trinajstić information content (AvgIpc) is 3.05. The van der Waals surface area contributed by atoms with Gasteiger partial charge in [-0.05, 0) is 41.5 Å². The van der Waals surface area contributed by atoms with Crippen molar-refractivity contribution in [1.29, 1.82) is 0 Å².